The van der Waals surface area contributed by atoms with Crippen molar-refractivity contribution in [3.63, 3.8) is 0 Å². The molecule has 2 aromatic heterocycles. The summed E-state index contributed by atoms with van der Waals surface area (Å²) in [5.41, 5.74) is 0.865. The van der Waals surface area contributed by atoms with Crippen LogP contribution in [0.4, 0.5) is 0 Å². The van der Waals surface area contributed by atoms with Crippen molar-refractivity contribution in [1.82, 2.24) is 19.7 Å². The standard InChI is InChI=1S/C16H14BrClN4OS2/c1-21(7-14-5-11(17)8-24-14)15(23)9-25-16-20-19-10-22(16)13-4-2-3-12(18)6-13/h2-6,8,10H,7,9H2,1H3. The fourth-order valence-electron chi connectivity index (χ4n) is 2.12. The van der Waals surface area contributed by atoms with Crippen molar-refractivity contribution >= 4 is 56.5 Å². The Labute approximate surface area is 167 Å². The number of nitrogens with zero attached hydrogens (tertiary/aromatic N) is 4. The molecule has 130 valence electrons. The average molecular weight is 458 g/mol. The molecule has 9 heteroatoms. The highest BCUT2D eigenvalue weighted by Crippen LogP contribution is 2.23. The number of hydrogen-bond acceptors (Lipinski definition) is 5. The summed E-state index contributed by atoms with van der Waals surface area (Å²) in [6.07, 6.45) is 1.62. The molecule has 1 amide bonds. The third-order valence-corrected chi connectivity index (χ3v) is 6.21. The minimum absolute atomic E-state index is 0.0372. The molecule has 0 atom stereocenters. The lowest BCUT2D eigenvalue weighted by molar-refractivity contribution is -0.127. The Morgan fingerprint density at radius 3 is 3.00 bits per heavy atom. The zero-order chi connectivity index (χ0) is 17.8. The predicted octanol–water partition coefficient (Wildman–Crippen LogP) is 4.50. The molecule has 0 radical (unpaired) electrons. The highest BCUT2D eigenvalue weighted by atomic mass is 79.9. The molecule has 0 aliphatic heterocycles. The summed E-state index contributed by atoms with van der Waals surface area (Å²) in [5, 5.41) is 11.3. The molecule has 3 aromatic rings. The maximum absolute atomic E-state index is 12.4. The summed E-state index contributed by atoms with van der Waals surface area (Å²) in [7, 11) is 1.80. The van der Waals surface area contributed by atoms with E-state index in [1.54, 1.807) is 29.6 Å². The van der Waals surface area contributed by atoms with Crippen molar-refractivity contribution in [1.29, 1.82) is 0 Å². The van der Waals surface area contributed by atoms with Crippen molar-refractivity contribution < 1.29 is 4.79 Å². The van der Waals surface area contributed by atoms with Gasteiger partial charge in [-0.3, -0.25) is 9.36 Å². The highest BCUT2D eigenvalue weighted by molar-refractivity contribution is 9.10. The smallest absolute Gasteiger partial charge is 0.233 e. The van der Waals surface area contributed by atoms with Crippen LogP contribution in [0.15, 0.2) is 51.7 Å². The second-order valence-corrected chi connectivity index (χ2v) is 8.52. The van der Waals surface area contributed by atoms with Gasteiger partial charge in [-0.1, -0.05) is 29.4 Å². The number of hydrogen-bond donors (Lipinski definition) is 0. The molecule has 3 rings (SSSR count). The van der Waals surface area contributed by atoms with E-state index in [0.29, 0.717) is 22.5 Å². The van der Waals surface area contributed by atoms with Crippen LogP contribution in [0.2, 0.25) is 5.02 Å². The van der Waals surface area contributed by atoms with Gasteiger partial charge < -0.3 is 4.90 Å². The zero-order valence-electron chi connectivity index (χ0n) is 13.2. The number of halogens is 2. The number of carbonyl (C=O) groups excluding carboxylic acids is 1. The monoisotopic (exact) mass is 456 g/mol. The van der Waals surface area contributed by atoms with E-state index in [1.807, 2.05) is 40.3 Å². The van der Waals surface area contributed by atoms with E-state index >= 15 is 0 Å². The predicted molar refractivity (Wildman–Crippen MR) is 106 cm³/mol. The summed E-state index contributed by atoms with van der Waals surface area (Å²) in [4.78, 5) is 15.2. The Kier molecular flexibility index (Phi) is 6.16. The molecule has 25 heavy (non-hydrogen) atoms. The van der Waals surface area contributed by atoms with Crippen molar-refractivity contribution in [2.45, 2.75) is 11.7 Å². The minimum Gasteiger partial charge on any atom is -0.340 e. The molecule has 0 fully saturated rings. The molecule has 5 nitrogen and oxygen atoms in total. The molecule has 0 aliphatic carbocycles. The second-order valence-electron chi connectivity index (χ2n) is 5.23. The number of carbonyl (C=O) groups is 1. The van der Waals surface area contributed by atoms with Crippen molar-refractivity contribution in [3.05, 3.63) is 56.4 Å². The van der Waals surface area contributed by atoms with Gasteiger partial charge in [-0.25, -0.2) is 0 Å². The van der Waals surface area contributed by atoms with Gasteiger partial charge in [-0.15, -0.1) is 21.5 Å². The largest absolute Gasteiger partial charge is 0.340 e. The van der Waals surface area contributed by atoms with E-state index in [1.165, 1.54) is 11.8 Å². The third-order valence-electron chi connectivity index (χ3n) is 3.37. The molecule has 1 aromatic carbocycles. The summed E-state index contributed by atoms with van der Waals surface area (Å²) < 4.78 is 2.86. The quantitative estimate of drug-likeness (QED) is 0.512. The topological polar surface area (TPSA) is 51.0 Å². The molecule has 0 saturated carbocycles. The zero-order valence-corrected chi connectivity index (χ0v) is 17.2. The van der Waals surface area contributed by atoms with Crippen LogP contribution in [0.25, 0.3) is 5.69 Å². The number of aromatic nitrogens is 3. The molecule has 0 bridgehead atoms. The Balaban J connectivity index is 1.62. The van der Waals surface area contributed by atoms with Crippen LogP contribution in [0.5, 0.6) is 0 Å². The van der Waals surface area contributed by atoms with Crippen LogP contribution in [0, 0.1) is 0 Å². The van der Waals surface area contributed by atoms with Crippen molar-refractivity contribution in [3.8, 4) is 5.69 Å². The Morgan fingerprint density at radius 2 is 2.28 bits per heavy atom. The average Bonchev–Trinajstić information content (AvgIpc) is 3.21. The number of thioether (sulfide) groups is 1. The Bertz CT molecular complexity index is 882. The minimum atomic E-state index is 0.0372. The first-order chi connectivity index (χ1) is 12.0. The number of amides is 1. The molecule has 2 heterocycles. The number of benzene rings is 1. The van der Waals surface area contributed by atoms with Gasteiger partial charge in [0, 0.05) is 26.8 Å². The SMILES string of the molecule is CN(Cc1cc(Br)cs1)C(=O)CSc1nncn1-c1cccc(Cl)c1. The molecule has 0 aliphatic rings. The Morgan fingerprint density at radius 1 is 1.44 bits per heavy atom. The highest BCUT2D eigenvalue weighted by Gasteiger charge is 2.14. The van der Waals surface area contributed by atoms with E-state index in [9.17, 15) is 4.79 Å². The fourth-order valence-corrected chi connectivity index (χ4v) is 4.68. The van der Waals surface area contributed by atoms with Gasteiger partial charge >= 0.3 is 0 Å². The van der Waals surface area contributed by atoms with Gasteiger partial charge in [0.2, 0.25) is 5.91 Å². The molecule has 0 unspecified atom stereocenters. The molecule has 0 N–H and O–H groups in total. The van der Waals surface area contributed by atoms with Crippen LogP contribution >= 0.6 is 50.6 Å². The van der Waals surface area contributed by atoms with Gasteiger partial charge in [-0.05, 0) is 40.2 Å². The third kappa shape index (κ3) is 4.84. The van der Waals surface area contributed by atoms with E-state index in [4.69, 9.17) is 11.6 Å². The van der Waals surface area contributed by atoms with Crippen molar-refractivity contribution in [2.75, 3.05) is 12.8 Å². The van der Waals surface area contributed by atoms with Gasteiger partial charge in [0.25, 0.3) is 0 Å². The lowest BCUT2D eigenvalue weighted by Gasteiger charge is -2.15. The summed E-state index contributed by atoms with van der Waals surface area (Å²) in [5.74, 6) is 0.331. The molecular weight excluding hydrogens is 444 g/mol. The number of thiophene rings is 1. The Hall–Kier alpha value is -1.35. The van der Waals surface area contributed by atoms with Crippen LogP contribution in [-0.2, 0) is 11.3 Å². The lowest BCUT2D eigenvalue weighted by Crippen LogP contribution is -2.27. The maximum atomic E-state index is 12.4. The molecular formula is C16H14BrClN4OS2. The summed E-state index contributed by atoms with van der Waals surface area (Å²) >= 11 is 12.4. The fraction of sp³-hybridized carbons (Fsp3) is 0.188. The maximum Gasteiger partial charge on any atom is 0.233 e. The first kappa shape index (κ1) is 18.4. The van der Waals surface area contributed by atoms with E-state index in [2.05, 4.69) is 26.1 Å². The first-order valence-electron chi connectivity index (χ1n) is 7.28. The van der Waals surface area contributed by atoms with Gasteiger partial charge in [-0.2, -0.15) is 0 Å². The van der Waals surface area contributed by atoms with Crippen LogP contribution < -0.4 is 0 Å². The number of rotatable bonds is 6. The van der Waals surface area contributed by atoms with Crippen LogP contribution in [0.1, 0.15) is 4.88 Å². The summed E-state index contributed by atoms with van der Waals surface area (Å²) in [6.45, 7) is 0.594. The van der Waals surface area contributed by atoms with Gasteiger partial charge in [0.15, 0.2) is 5.16 Å². The van der Waals surface area contributed by atoms with Crippen molar-refractivity contribution in [2.24, 2.45) is 0 Å². The van der Waals surface area contributed by atoms with E-state index < -0.39 is 0 Å². The molecule has 0 saturated heterocycles. The lowest BCUT2D eigenvalue weighted by atomic mass is 10.3. The van der Waals surface area contributed by atoms with E-state index in [0.717, 1.165) is 15.0 Å². The van der Waals surface area contributed by atoms with Crippen LogP contribution in [0.3, 0.4) is 0 Å². The normalized spacial score (nSPS) is 10.8. The van der Waals surface area contributed by atoms with Gasteiger partial charge in [0.1, 0.15) is 6.33 Å². The van der Waals surface area contributed by atoms with E-state index in [-0.39, 0.29) is 5.91 Å². The summed E-state index contributed by atoms with van der Waals surface area (Å²) in [6, 6.07) is 9.45. The van der Waals surface area contributed by atoms with Crippen LogP contribution in [-0.4, -0.2) is 38.4 Å². The second kappa shape index (κ2) is 8.35. The van der Waals surface area contributed by atoms with Gasteiger partial charge in [0.05, 0.1) is 18.0 Å². The first-order valence-corrected chi connectivity index (χ1v) is 10.3. The molecule has 0 spiro atoms.